The molecule has 0 radical (unpaired) electrons. The van der Waals surface area contributed by atoms with Gasteiger partial charge in [0, 0.05) is 11.8 Å². The maximum Gasteiger partial charge on any atom is 0.138 e. The van der Waals surface area contributed by atoms with Gasteiger partial charge in [0.25, 0.3) is 0 Å². The Hall–Kier alpha value is -0.330. The number of hydrogen-bond donors (Lipinski definition) is 0. The van der Waals surface area contributed by atoms with Crippen molar-refractivity contribution in [2.24, 2.45) is 11.8 Å². The van der Waals surface area contributed by atoms with Gasteiger partial charge in [0.15, 0.2) is 0 Å². The average molecular weight is 170 g/mol. The standard InChI is InChI=1S/C11H22O/c1-5-7-9(3)11(12)10(4)8-6-2/h9-10H,5-8H2,1-4H3. The van der Waals surface area contributed by atoms with E-state index in [2.05, 4.69) is 27.7 Å². The SMILES string of the molecule is CCCC(C)C(=O)C(C)CCC. The number of carbonyl (C=O) groups excluding carboxylic acids is 1. The number of Topliss-reactive ketones (excluding diaryl/α,β-unsaturated/α-hetero) is 1. The van der Waals surface area contributed by atoms with Gasteiger partial charge in [-0.25, -0.2) is 0 Å². The number of ketones is 1. The molecule has 0 fully saturated rings. The Bertz CT molecular complexity index is 115. The highest BCUT2D eigenvalue weighted by Gasteiger charge is 2.17. The third-order valence-corrected chi connectivity index (χ3v) is 2.41. The second-order valence-electron chi connectivity index (χ2n) is 3.78. The number of rotatable bonds is 6. The topological polar surface area (TPSA) is 17.1 Å². The van der Waals surface area contributed by atoms with Crippen LogP contribution in [-0.4, -0.2) is 5.78 Å². The minimum absolute atomic E-state index is 0.275. The van der Waals surface area contributed by atoms with Crippen molar-refractivity contribution in [2.45, 2.75) is 53.4 Å². The predicted octanol–water partition coefficient (Wildman–Crippen LogP) is 3.43. The van der Waals surface area contributed by atoms with Gasteiger partial charge >= 0.3 is 0 Å². The highest BCUT2D eigenvalue weighted by atomic mass is 16.1. The van der Waals surface area contributed by atoms with Gasteiger partial charge in [-0.15, -0.1) is 0 Å². The first-order valence-electron chi connectivity index (χ1n) is 5.17. The molecule has 0 aliphatic rings. The van der Waals surface area contributed by atoms with Crippen LogP contribution in [0.15, 0.2) is 0 Å². The molecule has 1 heteroatoms. The molecule has 0 aliphatic heterocycles. The van der Waals surface area contributed by atoms with E-state index in [0.29, 0.717) is 5.78 Å². The summed E-state index contributed by atoms with van der Waals surface area (Å²) in [6.07, 6.45) is 4.33. The van der Waals surface area contributed by atoms with E-state index in [1.54, 1.807) is 0 Å². The van der Waals surface area contributed by atoms with E-state index in [-0.39, 0.29) is 11.8 Å². The van der Waals surface area contributed by atoms with Crippen molar-refractivity contribution in [3.8, 4) is 0 Å². The van der Waals surface area contributed by atoms with E-state index in [1.165, 1.54) is 0 Å². The van der Waals surface area contributed by atoms with Crippen LogP contribution in [0.1, 0.15) is 53.4 Å². The van der Waals surface area contributed by atoms with Crippen LogP contribution in [0, 0.1) is 11.8 Å². The first-order valence-corrected chi connectivity index (χ1v) is 5.17. The number of carbonyl (C=O) groups is 1. The predicted molar refractivity (Wildman–Crippen MR) is 53.2 cm³/mol. The second-order valence-corrected chi connectivity index (χ2v) is 3.78. The molecule has 12 heavy (non-hydrogen) atoms. The molecular weight excluding hydrogens is 148 g/mol. The molecule has 0 rings (SSSR count). The quantitative estimate of drug-likeness (QED) is 0.597. The van der Waals surface area contributed by atoms with Crippen LogP contribution in [0.5, 0.6) is 0 Å². The fourth-order valence-electron chi connectivity index (χ4n) is 1.64. The zero-order valence-corrected chi connectivity index (χ0v) is 8.89. The van der Waals surface area contributed by atoms with Crippen molar-refractivity contribution >= 4 is 5.78 Å². The lowest BCUT2D eigenvalue weighted by atomic mass is 9.89. The lowest BCUT2D eigenvalue weighted by Gasteiger charge is -2.14. The maximum atomic E-state index is 11.6. The third-order valence-electron chi connectivity index (χ3n) is 2.41. The normalized spacial score (nSPS) is 15.7. The molecule has 0 bridgehead atoms. The fraction of sp³-hybridized carbons (Fsp3) is 0.909. The van der Waals surface area contributed by atoms with Crippen molar-refractivity contribution in [2.75, 3.05) is 0 Å². The summed E-state index contributed by atoms with van der Waals surface area (Å²) in [5, 5.41) is 0. The molecule has 0 aromatic rings. The van der Waals surface area contributed by atoms with Gasteiger partial charge in [0.1, 0.15) is 5.78 Å². The van der Waals surface area contributed by atoms with Gasteiger partial charge in [0.2, 0.25) is 0 Å². The molecule has 0 aliphatic carbocycles. The minimum atomic E-state index is 0.275. The van der Waals surface area contributed by atoms with E-state index in [9.17, 15) is 4.79 Å². The first kappa shape index (κ1) is 11.7. The average Bonchev–Trinajstić information content (AvgIpc) is 2.04. The molecule has 0 N–H and O–H groups in total. The summed E-state index contributed by atoms with van der Waals surface area (Å²) in [6.45, 7) is 8.37. The molecule has 0 aromatic heterocycles. The Morgan fingerprint density at radius 3 is 1.58 bits per heavy atom. The van der Waals surface area contributed by atoms with Crippen molar-refractivity contribution in [3.63, 3.8) is 0 Å². The molecular formula is C11H22O. The molecule has 0 saturated heterocycles. The smallest absolute Gasteiger partial charge is 0.138 e. The number of hydrogen-bond acceptors (Lipinski definition) is 1. The van der Waals surface area contributed by atoms with Crippen LogP contribution < -0.4 is 0 Å². The summed E-state index contributed by atoms with van der Waals surface area (Å²) in [5.74, 6) is 1.01. The van der Waals surface area contributed by atoms with Crippen molar-refractivity contribution < 1.29 is 4.79 Å². The molecule has 0 saturated carbocycles. The molecule has 2 unspecified atom stereocenters. The van der Waals surface area contributed by atoms with Crippen LogP contribution >= 0.6 is 0 Å². The summed E-state index contributed by atoms with van der Waals surface area (Å²) >= 11 is 0. The van der Waals surface area contributed by atoms with Gasteiger partial charge in [-0.3, -0.25) is 4.79 Å². The van der Waals surface area contributed by atoms with Crippen molar-refractivity contribution in [1.29, 1.82) is 0 Å². The lowest BCUT2D eigenvalue weighted by Crippen LogP contribution is -2.19. The highest BCUT2D eigenvalue weighted by Crippen LogP contribution is 2.16. The van der Waals surface area contributed by atoms with Crippen molar-refractivity contribution in [1.82, 2.24) is 0 Å². The summed E-state index contributed by atoms with van der Waals surface area (Å²) in [7, 11) is 0. The Morgan fingerprint density at radius 2 is 1.33 bits per heavy atom. The minimum Gasteiger partial charge on any atom is -0.299 e. The molecule has 72 valence electrons. The highest BCUT2D eigenvalue weighted by molar-refractivity contribution is 5.82. The zero-order chi connectivity index (χ0) is 9.56. The van der Waals surface area contributed by atoms with E-state index in [4.69, 9.17) is 0 Å². The van der Waals surface area contributed by atoms with Crippen molar-refractivity contribution in [3.05, 3.63) is 0 Å². The fourth-order valence-corrected chi connectivity index (χ4v) is 1.64. The Morgan fingerprint density at radius 1 is 1.00 bits per heavy atom. The molecule has 0 amide bonds. The molecule has 0 aromatic carbocycles. The third kappa shape index (κ3) is 3.89. The van der Waals surface area contributed by atoms with Gasteiger partial charge < -0.3 is 0 Å². The van der Waals surface area contributed by atoms with Crippen LogP contribution in [0.4, 0.5) is 0 Å². The van der Waals surface area contributed by atoms with E-state index in [0.717, 1.165) is 25.7 Å². The monoisotopic (exact) mass is 170 g/mol. The summed E-state index contributed by atoms with van der Waals surface area (Å²) in [5.41, 5.74) is 0. The Labute approximate surface area is 76.6 Å². The van der Waals surface area contributed by atoms with Gasteiger partial charge in [-0.2, -0.15) is 0 Å². The van der Waals surface area contributed by atoms with E-state index in [1.807, 2.05) is 0 Å². The summed E-state index contributed by atoms with van der Waals surface area (Å²) in [6, 6.07) is 0. The molecule has 0 spiro atoms. The van der Waals surface area contributed by atoms with E-state index >= 15 is 0 Å². The first-order chi connectivity index (χ1) is 5.63. The second kappa shape index (κ2) is 6.22. The van der Waals surface area contributed by atoms with Crippen LogP contribution in [0.2, 0.25) is 0 Å². The summed E-state index contributed by atoms with van der Waals surface area (Å²) < 4.78 is 0. The summed E-state index contributed by atoms with van der Waals surface area (Å²) in [4.78, 5) is 11.6. The maximum absolute atomic E-state index is 11.6. The van der Waals surface area contributed by atoms with Crippen LogP contribution in [0.25, 0.3) is 0 Å². The van der Waals surface area contributed by atoms with Crippen LogP contribution in [-0.2, 0) is 4.79 Å². The lowest BCUT2D eigenvalue weighted by molar-refractivity contribution is -0.126. The molecule has 2 atom stereocenters. The van der Waals surface area contributed by atoms with E-state index < -0.39 is 0 Å². The zero-order valence-electron chi connectivity index (χ0n) is 8.89. The van der Waals surface area contributed by atoms with Gasteiger partial charge in [-0.1, -0.05) is 40.5 Å². The molecule has 0 heterocycles. The largest absolute Gasteiger partial charge is 0.299 e. The Kier molecular flexibility index (Phi) is 6.04. The van der Waals surface area contributed by atoms with Gasteiger partial charge in [0.05, 0.1) is 0 Å². The Balaban J connectivity index is 3.82. The molecule has 1 nitrogen and oxygen atoms in total. The van der Waals surface area contributed by atoms with Crippen LogP contribution in [0.3, 0.4) is 0 Å². The van der Waals surface area contributed by atoms with Gasteiger partial charge in [-0.05, 0) is 12.8 Å².